The van der Waals surface area contributed by atoms with Crippen LogP contribution in [-0.2, 0) is 0 Å². The Balaban J connectivity index is 1.22. The molecule has 4 heteroatoms. The van der Waals surface area contributed by atoms with E-state index in [0.29, 0.717) is 0 Å². The summed E-state index contributed by atoms with van der Waals surface area (Å²) in [5.41, 5.74) is 11.7. The van der Waals surface area contributed by atoms with Crippen molar-refractivity contribution in [2.75, 3.05) is 0 Å². The number of hydrogen-bond donors (Lipinski definition) is 0. The van der Waals surface area contributed by atoms with Crippen LogP contribution in [0.2, 0.25) is 0 Å². The smallest absolute Gasteiger partial charge is 0.165 e. The summed E-state index contributed by atoms with van der Waals surface area (Å²) in [5.74, 6) is 0.813. The number of aromatic nitrogens is 4. The Kier molecular flexibility index (Phi) is 6.60. The first-order valence-corrected chi connectivity index (χ1v) is 19.1. The molecule has 0 saturated heterocycles. The van der Waals surface area contributed by atoms with Gasteiger partial charge in [0.2, 0.25) is 0 Å². The fraction of sp³-hybridized carbons (Fsp3) is 0. The van der Waals surface area contributed by atoms with Crippen LogP contribution in [0, 0.1) is 0 Å². The van der Waals surface area contributed by atoms with E-state index < -0.39 is 0 Å². The second-order valence-corrected chi connectivity index (χ2v) is 14.6. The molecule has 0 radical (unpaired) electrons. The third kappa shape index (κ3) is 4.47. The van der Waals surface area contributed by atoms with Gasteiger partial charge in [-0.3, -0.25) is 4.57 Å². The van der Waals surface area contributed by atoms with Crippen LogP contribution >= 0.6 is 0 Å². The Labute approximate surface area is 322 Å². The molecule has 12 aromatic rings. The highest BCUT2D eigenvalue weighted by Gasteiger charge is 2.24. The minimum absolute atomic E-state index is 0.813. The quantitative estimate of drug-likeness (QED) is 0.182. The molecule has 56 heavy (non-hydrogen) atoms. The lowest BCUT2D eigenvalue weighted by molar-refractivity contribution is 1.08. The van der Waals surface area contributed by atoms with Crippen LogP contribution in [0.15, 0.2) is 194 Å². The van der Waals surface area contributed by atoms with E-state index in [-0.39, 0.29) is 0 Å². The van der Waals surface area contributed by atoms with Crippen molar-refractivity contribution >= 4 is 76.2 Å². The zero-order valence-electron chi connectivity index (χ0n) is 30.3. The maximum absolute atomic E-state index is 5.42. The summed E-state index contributed by atoms with van der Waals surface area (Å²) in [6.07, 6.45) is 0. The normalized spacial score (nSPS) is 11.9. The van der Waals surface area contributed by atoms with Gasteiger partial charge < -0.3 is 4.57 Å². The van der Waals surface area contributed by atoms with Crippen LogP contribution in [-0.4, -0.2) is 19.1 Å². The van der Waals surface area contributed by atoms with Gasteiger partial charge in [-0.05, 0) is 81.2 Å². The van der Waals surface area contributed by atoms with E-state index in [1.807, 2.05) is 24.3 Å². The molecule has 0 amide bonds. The number of nitrogens with zero attached hydrogens (tertiary/aromatic N) is 4. The zero-order valence-corrected chi connectivity index (χ0v) is 30.3. The number of benzene rings is 9. The zero-order chi connectivity index (χ0) is 36.7. The summed E-state index contributed by atoms with van der Waals surface area (Å²) < 4.78 is 4.77. The SMILES string of the molecule is c1ccc(-c2nc3ccccc3nc2-n2c3cccc(-c4cccc5c4c4ccccc4n5-c4ccc5ccccc5c4)c3c3c4ccccc4ccc32)cc1. The predicted molar refractivity (Wildman–Crippen MR) is 234 cm³/mol. The second-order valence-electron chi connectivity index (χ2n) is 14.6. The van der Waals surface area contributed by atoms with Gasteiger partial charge in [-0.1, -0.05) is 146 Å². The summed E-state index contributed by atoms with van der Waals surface area (Å²) in [6.45, 7) is 0. The first-order chi connectivity index (χ1) is 27.8. The van der Waals surface area contributed by atoms with Crippen molar-refractivity contribution in [3.8, 4) is 33.9 Å². The number of fused-ring (bicyclic) bond motifs is 10. The first-order valence-electron chi connectivity index (χ1n) is 19.1. The molecule has 12 rings (SSSR count). The minimum Gasteiger partial charge on any atom is -0.309 e. The molecule has 260 valence electrons. The molecule has 3 aromatic heterocycles. The van der Waals surface area contributed by atoms with Gasteiger partial charge in [0.15, 0.2) is 5.82 Å². The van der Waals surface area contributed by atoms with Crippen LogP contribution in [0.25, 0.3) is 110 Å². The van der Waals surface area contributed by atoms with E-state index in [2.05, 4.69) is 179 Å². The van der Waals surface area contributed by atoms with Crippen molar-refractivity contribution in [1.29, 1.82) is 0 Å². The van der Waals surface area contributed by atoms with E-state index in [4.69, 9.17) is 9.97 Å². The molecule has 0 atom stereocenters. The minimum atomic E-state index is 0.813. The third-order valence-corrected chi connectivity index (χ3v) is 11.5. The van der Waals surface area contributed by atoms with Gasteiger partial charge in [-0.15, -0.1) is 0 Å². The lowest BCUT2D eigenvalue weighted by atomic mass is 9.94. The van der Waals surface area contributed by atoms with Crippen molar-refractivity contribution in [3.05, 3.63) is 194 Å². The maximum Gasteiger partial charge on any atom is 0.165 e. The van der Waals surface area contributed by atoms with Crippen LogP contribution in [0.3, 0.4) is 0 Å². The van der Waals surface area contributed by atoms with Crippen molar-refractivity contribution in [1.82, 2.24) is 19.1 Å². The molecule has 9 aromatic carbocycles. The summed E-state index contributed by atoms with van der Waals surface area (Å²) in [6, 6.07) is 69.6. The van der Waals surface area contributed by atoms with Crippen LogP contribution in [0.1, 0.15) is 0 Å². The maximum atomic E-state index is 5.42. The summed E-state index contributed by atoms with van der Waals surface area (Å²) in [4.78, 5) is 10.7. The molecule has 3 heterocycles. The van der Waals surface area contributed by atoms with E-state index in [0.717, 1.165) is 44.8 Å². The van der Waals surface area contributed by atoms with Crippen LogP contribution in [0.4, 0.5) is 0 Å². The molecule has 0 spiro atoms. The number of rotatable bonds is 4. The van der Waals surface area contributed by atoms with Crippen molar-refractivity contribution in [2.45, 2.75) is 0 Å². The fourth-order valence-corrected chi connectivity index (χ4v) is 9.05. The lowest BCUT2D eigenvalue weighted by Gasteiger charge is -2.14. The molecular weight excluding hydrogens is 681 g/mol. The summed E-state index contributed by atoms with van der Waals surface area (Å²) in [5, 5.41) is 9.74. The van der Waals surface area contributed by atoms with Crippen molar-refractivity contribution in [2.24, 2.45) is 0 Å². The average molecular weight is 713 g/mol. The van der Waals surface area contributed by atoms with Crippen LogP contribution < -0.4 is 0 Å². The van der Waals surface area contributed by atoms with Gasteiger partial charge in [0.25, 0.3) is 0 Å². The Morgan fingerprint density at radius 2 is 0.929 bits per heavy atom. The summed E-state index contributed by atoms with van der Waals surface area (Å²) in [7, 11) is 0. The second kappa shape index (κ2) is 12.0. The molecule has 4 nitrogen and oxygen atoms in total. The molecular formula is C52H32N4. The van der Waals surface area contributed by atoms with E-state index in [1.54, 1.807) is 0 Å². The first kappa shape index (κ1) is 30.9. The Hall–Kier alpha value is -7.56. The van der Waals surface area contributed by atoms with Gasteiger partial charge in [0.05, 0.1) is 33.1 Å². The highest BCUT2D eigenvalue weighted by atomic mass is 15.1. The molecule has 0 N–H and O–H groups in total. The average Bonchev–Trinajstić information content (AvgIpc) is 3.79. The standard InChI is InChI=1S/C52H32N4/c1-2-16-35(17-3-1)51-52(54-43-24-10-9-23-42(43)53-51)56-46-27-13-22-40(50(46)49-38-19-7-6-15-34(38)29-31-47(49)56)39-21-12-26-45-48(39)41-20-8-11-25-44(41)55(45)37-30-28-33-14-4-5-18-36(33)32-37/h1-32H. The topological polar surface area (TPSA) is 35.6 Å². The molecule has 0 bridgehead atoms. The lowest BCUT2D eigenvalue weighted by Crippen LogP contribution is -2.03. The van der Waals surface area contributed by atoms with Crippen molar-refractivity contribution < 1.29 is 0 Å². The highest BCUT2D eigenvalue weighted by molar-refractivity contribution is 6.27. The fourth-order valence-electron chi connectivity index (χ4n) is 9.05. The Bertz CT molecular complexity index is 3540. The largest absolute Gasteiger partial charge is 0.309 e. The number of para-hydroxylation sites is 3. The van der Waals surface area contributed by atoms with Gasteiger partial charge in [0.1, 0.15) is 5.69 Å². The molecule has 0 aliphatic heterocycles. The molecule has 0 fully saturated rings. The molecule has 0 aliphatic carbocycles. The molecule has 0 saturated carbocycles. The molecule has 0 aliphatic rings. The highest BCUT2D eigenvalue weighted by Crippen LogP contribution is 2.46. The van der Waals surface area contributed by atoms with Gasteiger partial charge in [0, 0.05) is 32.8 Å². The van der Waals surface area contributed by atoms with E-state index >= 15 is 0 Å². The van der Waals surface area contributed by atoms with E-state index in [1.165, 1.54) is 65.3 Å². The van der Waals surface area contributed by atoms with Gasteiger partial charge in [-0.2, -0.15) is 0 Å². The Morgan fingerprint density at radius 1 is 0.339 bits per heavy atom. The third-order valence-electron chi connectivity index (χ3n) is 11.5. The monoisotopic (exact) mass is 712 g/mol. The summed E-state index contributed by atoms with van der Waals surface area (Å²) >= 11 is 0. The number of hydrogen-bond acceptors (Lipinski definition) is 2. The molecule has 0 unspecified atom stereocenters. The van der Waals surface area contributed by atoms with Crippen molar-refractivity contribution in [3.63, 3.8) is 0 Å². The van der Waals surface area contributed by atoms with E-state index in [9.17, 15) is 0 Å². The predicted octanol–water partition coefficient (Wildman–Crippen LogP) is 13.5. The van der Waals surface area contributed by atoms with Crippen LogP contribution in [0.5, 0.6) is 0 Å². The van der Waals surface area contributed by atoms with Gasteiger partial charge in [-0.25, -0.2) is 9.97 Å². The Morgan fingerprint density at radius 3 is 1.75 bits per heavy atom. The van der Waals surface area contributed by atoms with Gasteiger partial charge >= 0.3 is 0 Å².